The van der Waals surface area contributed by atoms with Gasteiger partial charge in [-0.2, -0.15) is 4.98 Å². The van der Waals surface area contributed by atoms with Crippen LogP contribution in [-0.2, 0) is 0 Å². The van der Waals surface area contributed by atoms with E-state index >= 15 is 0 Å². The Hall–Kier alpha value is -1.75. The molecule has 0 radical (unpaired) electrons. The number of rotatable bonds is 2. The maximum atomic E-state index is 5.42. The molecule has 1 fully saturated rings. The largest absolute Gasteiger partial charge is 0.339 e. The number of nitrogens with one attached hydrogen (secondary N) is 1. The molecule has 1 aliphatic rings. The highest BCUT2D eigenvalue weighted by Gasteiger charge is 2.30. The van der Waals surface area contributed by atoms with Gasteiger partial charge in [-0.3, -0.25) is 4.98 Å². The molecule has 3 rings (SSSR count). The lowest BCUT2D eigenvalue weighted by Gasteiger charge is -2.07. The first-order chi connectivity index (χ1) is 9.15. The normalized spacial score (nSPS) is 22.9. The van der Waals surface area contributed by atoms with Crippen LogP contribution in [0.2, 0.25) is 0 Å². The van der Waals surface area contributed by atoms with Crippen LogP contribution in [0.3, 0.4) is 0 Å². The van der Waals surface area contributed by atoms with Gasteiger partial charge in [0.2, 0.25) is 11.7 Å². The summed E-state index contributed by atoms with van der Waals surface area (Å²) in [6.07, 6.45) is 1.83. The summed E-state index contributed by atoms with van der Waals surface area (Å²) in [6.45, 7) is 8.15. The lowest BCUT2D eigenvalue weighted by molar-refractivity contribution is 0.340. The van der Waals surface area contributed by atoms with E-state index in [1.54, 1.807) is 0 Å². The Kier molecular flexibility index (Phi) is 3.06. The van der Waals surface area contributed by atoms with Crippen LogP contribution in [0.25, 0.3) is 11.5 Å². The second-order valence-electron chi connectivity index (χ2n) is 5.38. The summed E-state index contributed by atoms with van der Waals surface area (Å²) in [4.78, 5) is 8.93. The van der Waals surface area contributed by atoms with Crippen molar-refractivity contribution < 1.29 is 4.52 Å². The first-order valence-electron chi connectivity index (χ1n) is 6.63. The van der Waals surface area contributed by atoms with E-state index in [4.69, 9.17) is 4.52 Å². The molecule has 3 heterocycles. The van der Waals surface area contributed by atoms with Gasteiger partial charge in [0.05, 0.1) is 5.92 Å². The third-order valence-corrected chi connectivity index (χ3v) is 3.70. The standard InChI is InChI=1S/C14H18N4O/c1-8-4-9(2)12(16-5-8)13-17-14(19-18-13)11-7-15-6-10(11)3/h4-5,10-11,15H,6-7H2,1-3H3. The van der Waals surface area contributed by atoms with Crippen molar-refractivity contribution in [2.24, 2.45) is 5.92 Å². The van der Waals surface area contributed by atoms with Gasteiger partial charge in [-0.1, -0.05) is 18.1 Å². The quantitative estimate of drug-likeness (QED) is 0.893. The number of aromatic nitrogens is 3. The van der Waals surface area contributed by atoms with Crippen molar-refractivity contribution in [3.8, 4) is 11.5 Å². The lowest BCUT2D eigenvalue weighted by atomic mass is 9.98. The molecule has 1 saturated heterocycles. The highest BCUT2D eigenvalue weighted by atomic mass is 16.5. The maximum Gasteiger partial charge on any atom is 0.231 e. The molecule has 0 amide bonds. The minimum atomic E-state index is 0.312. The van der Waals surface area contributed by atoms with Crippen molar-refractivity contribution in [2.45, 2.75) is 26.7 Å². The minimum Gasteiger partial charge on any atom is -0.339 e. The van der Waals surface area contributed by atoms with Crippen LogP contribution in [0, 0.1) is 19.8 Å². The van der Waals surface area contributed by atoms with E-state index < -0.39 is 0 Å². The Morgan fingerprint density at radius 3 is 2.84 bits per heavy atom. The van der Waals surface area contributed by atoms with Crippen molar-refractivity contribution in [2.75, 3.05) is 13.1 Å². The number of hydrogen-bond donors (Lipinski definition) is 1. The molecule has 0 spiro atoms. The predicted octanol–water partition coefficient (Wildman–Crippen LogP) is 2.07. The van der Waals surface area contributed by atoms with Gasteiger partial charge in [0.1, 0.15) is 5.69 Å². The van der Waals surface area contributed by atoms with E-state index in [1.165, 1.54) is 0 Å². The van der Waals surface area contributed by atoms with Gasteiger partial charge in [0, 0.05) is 12.7 Å². The summed E-state index contributed by atoms with van der Waals surface area (Å²) in [5, 5.41) is 7.42. The second kappa shape index (κ2) is 4.74. The minimum absolute atomic E-state index is 0.312. The molecular weight excluding hydrogens is 240 g/mol. The number of pyridine rings is 1. The van der Waals surface area contributed by atoms with Crippen LogP contribution in [-0.4, -0.2) is 28.2 Å². The van der Waals surface area contributed by atoms with E-state index in [0.717, 1.165) is 29.9 Å². The van der Waals surface area contributed by atoms with Crippen molar-refractivity contribution in [3.05, 3.63) is 29.3 Å². The van der Waals surface area contributed by atoms with Gasteiger partial charge >= 0.3 is 0 Å². The molecule has 0 aromatic carbocycles. The number of aryl methyl sites for hydroxylation is 2. The van der Waals surface area contributed by atoms with Gasteiger partial charge < -0.3 is 9.84 Å². The molecule has 100 valence electrons. The fourth-order valence-corrected chi connectivity index (χ4v) is 2.57. The molecule has 2 unspecified atom stereocenters. The van der Waals surface area contributed by atoms with Gasteiger partial charge in [-0.25, -0.2) is 0 Å². The fourth-order valence-electron chi connectivity index (χ4n) is 2.57. The van der Waals surface area contributed by atoms with Gasteiger partial charge in [-0.05, 0) is 37.4 Å². The Bertz CT molecular complexity index is 593. The van der Waals surface area contributed by atoms with E-state index in [-0.39, 0.29) is 0 Å². The fraction of sp³-hybridized carbons (Fsp3) is 0.500. The molecule has 5 heteroatoms. The molecule has 0 aliphatic carbocycles. The van der Waals surface area contributed by atoms with Crippen molar-refractivity contribution in [1.29, 1.82) is 0 Å². The molecule has 0 bridgehead atoms. The summed E-state index contributed by atoms with van der Waals surface area (Å²) in [6, 6.07) is 2.08. The summed E-state index contributed by atoms with van der Waals surface area (Å²) in [5.74, 6) is 2.15. The van der Waals surface area contributed by atoms with E-state index in [9.17, 15) is 0 Å². The highest BCUT2D eigenvalue weighted by molar-refractivity contribution is 5.54. The Morgan fingerprint density at radius 2 is 2.16 bits per heavy atom. The van der Waals surface area contributed by atoms with Crippen LogP contribution >= 0.6 is 0 Å². The van der Waals surface area contributed by atoms with Crippen LogP contribution in [0.5, 0.6) is 0 Å². The summed E-state index contributed by atoms with van der Waals surface area (Å²) < 4.78 is 5.42. The highest BCUT2D eigenvalue weighted by Crippen LogP contribution is 2.28. The van der Waals surface area contributed by atoms with Crippen LogP contribution < -0.4 is 5.32 Å². The van der Waals surface area contributed by atoms with Gasteiger partial charge in [0.15, 0.2) is 0 Å². The number of hydrogen-bond acceptors (Lipinski definition) is 5. The summed E-state index contributed by atoms with van der Waals surface area (Å²) in [7, 11) is 0. The average molecular weight is 258 g/mol. The second-order valence-corrected chi connectivity index (χ2v) is 5.38. The smallest absolute Gasteiger partial charge is 0.231 e. The summed E-state index contributed by atoms with van der Waals surface area (Å²) in [5.41, 5.74) is 3.02. The Labute approximate surface area is 112 Å². The van der Waals surface area contributed by atoms with Crippen molar-refractivity contribution in [1.82, 2.24) is 20.4 Å². The van der Waals surface area contributed by atoms with Gasteiger partial charge in [0.25, 0.3) is 0 Å². The molecule has 1 N–H and O–H groups in total. The molecule has 0 saturated carbocycles. The lowest BCUT2D eigenvalue weighted by Crippen LogP contribution is -2.08. The topological polar surface area (TPSA) is 63.8 Å². The molecule has 1 aliphatic heterocycles. The van der Waals surface area contributed by atoms with Gasteiger partial charge in [-0.15, -0.1) is 0 Å². The Morgan fingerprint density at radius 1 is 1.32 bits per heavy atom. The van der Waals surface area contributed by atoms with Crippen LogP contribution in [0.15, 0.2) is 16.8 Å². The third-order valence-electron chi connectivity index (χ3n) is 3.70. The van der Waals surface area contributed by atoms with E-state index in [1.807, 2.05) is 20.0 Å². The zero-order chi connectivity index (χ0) is 13.4. The molecule has 2 aromatic rings. The third kappa shape index (κ3) is 2.26. The molecule has 5 nitrogen and oxygen atoms in total. The molecule has 2 atom stereocenters. The Balaban J connectivity index is 1.92. The van der Waals surface area contributed by atoms with E-state index in [2.05, 4.69) is 33.4 Å². The molecular formula is C14H18N4O. The van der Waals surface area contributed by atoms with E-state index in [0.29, 0.717) is 23.6 Å². The zero-order valence-electron chi connectivity index (χ0n) is 11.5. The van der Waals surface area contributed by atoms with Crippen molar-refractivity contribution in [3.63, 3.8) is 0 Å². The first-order valence-corrected chi connectivity index (χ1v) is 6.63. The summed E-state index contributed by atoms with van der Waals surface area (Å²) >= 11 is 0. The maximum absolute atomic E-state index is 5.42. The monoisotopic (exact) mass is 258 g/mol. The molecule has 19 heavy (non-hydrogen) atoms. The average Bonchev–Trinajstić information content (AvgIpc) is 2.97. The van der Waals surface area contributed by atoms with Crippen LogP contribution in [0.4, 0.5) is 0 Å². The zero-order valence-corrected chi connectivity index (χ0v) is 11.5. The number of nitrogens with zero attached hydrogens (tertiary/aromatic N) is 3. The molecule has 2 aromatic heterocycles. The predicted molar refractivity (Wildman–Crippen MR) is 71.8 cm³/mol. The SMILES string of the molecule is Cc1cnc(-c2noc(C3CNCC3C)n2)c(C)c1. The first kappa shape index (κ1) is 12.3. The van der Waals surface area contributed by atoms with Crippen LogP contribution in [0.1, 0.15) is 29.9 Å². The van der Waals surface area contributed by atoms with Crippen molar-refractivity contribution >= 4 is 0 Å².